The lowest BCUT2D eigenvalue weighted by molar-refractivity contribution is -0.384. The monoisotopic (exact) mass is 482 g/mol. The summed E-state index contributed by atoms with van der Waals surface area (Å²) < 4.78 is 0. The van der Waals surface area contributed by atoms with Gasteiger partial charge in [-0.15, -0.1) is 0 Å². The van der Waals surface area contributed by atoms with E-state index in [1.54, 1.807) is 6.07 Å². The number of benzene rings is 3. The molecule has 2 aliphatic rings. The van der Waals surface area contributed by atoms with Gasteiger partial charge in [0, 0.05) is 35.6 Å². The molecule has 3 aromatic rings. The molecule has 0 radical (unpaired) electrons. The van der Waals surface area contributed by atoms with Gasteiger partial charge in [0.05, 0.1) is 16.2 Å². The minimum absolute atomic E-state index is 0.0533. The smallest absolute Gasteiger partial charge is 0.270 e. The zero-order valence-corrected chi connectivity index (χ0v) is 20.4. The molecule has 1 saturated heterocycles. The minimum atomic E-state index is -0.445. The highest BCUT2D eigenvalue weighted by Gasteiger charge is 2.30. The van der Waals surface area contributed by atoms with Crippen molar-refractivity contribution in [3.05, 3.63) is 99.6 Å². The number of rotatable bonds is 7. The van der Waals surface area contributed by atoms with Crippen LogP contribution in [0.2, 0.25) is 0 Å². The highest BCUT2D eigenvalue weighted by Crippen LogP contribution is 2.39. The van der Waals surface area contributed by atoms with Crippen molar-refractivity contribution >= 4 is 34.2 Å². The second-order valence-corrected chi connectivity index (χ2v) is 9.51. The summed E-state index contributed by atoms with van der Waals surface area (Å²) in [4.78, 5) is 26.5. The van der Waals surface area contributed by atoms with E-state index >= 15 is 0 Å². The Kier molecular flexibility index (Phi) is 6.82. The maximum Gasteiger partial charge on any atom is 0.270 e. The van der Waals surface area contributed by atoms with Crippen LogP contribution >= 0.6 is 0 Å². The molecule has 3 aromatic carbocycles. The maximum absolute atomic E-state index is 13.1. The fourth-order valence-electron chi connectivity index (χ4n) is 5.05. The summed E-state index contributed by atoms with van der Waals surface area (Å²) in [6.45, 7) is 5.50. The number of amides is 1. The van der Waals surface area contributed by atoms with Gasteiger partial charge in [0.25, 0.3) is 11.6 Å². The third-order valence-corrected chi connectivity index (χ3v) is 7.18. The predicted molar refractivity (Wildman–Crippen MR) is 143 cm³/mol. The number of hydrogen-bond acceptors (Lipinski definition) is 5. The van der Waals surface area contributed by atoms with Crippen molar-refractivity contribution in [1.29, 1.82) is 0 Å². The molecule has 36 heavy (non-hydrogen) atoms. The number of hydrogen-bond donors (Lipinski definition) is 2. The topological polar surface area (TPSA) is 87.5 Å². The van der Waals surface area contributed by atoms with Crippen LogP contribution in [0.4, 0.5) is 17.1 Å². The first-order valence-corrected chi connectivity index (χ1v) is 12.5. The number of fused-ring (bicyclic) bond motifs is 1. The molecule has 0 unspecified atom stereocenters. The molecule has 5 rings (SSSR count). The quantitative estimate of drug-likeness (QED) is 0.240. The molecule has 7 nitrogen and oxygen atoms in total. The molecule has 0 spiro atoms. The molecule has 1 amide bonds. The number of nitro groups is 1. The van der Waals surface area contributed by atoms with E-state index in [2.05, 4.69) is 34.6 Å². The van der Waals surface area contributed by atoms with Gasteiger partial charge in [-0.1, -0.05) is 55.8 Å². The normalized spacial score (nSPS) is 17.4. The Bertz CT molecular complexity index is 1290. The van der Waals surface area contributed by atoms with Crippen molar-refractivity contribution in [3.63, 3.8) is 0 Å². The predicted octanol–water partition coefficient (Wildman–Crippen LogP) is 6.15. The van der Waals surface area contributed by atoms with E-state index in [-0.39, 0.29) is 11.6 Å². The summed E-state index contributed by atoms with van der Waals surface area (Å²) in [6, 6.07) is 22.3. The zero-order valence-electron chi connectivity index (χ0n) is 20.4. The number of carbonyl (C=O) groups excluding carboxylic acids is 1. The van der Waals surface area contributed by atoms with Gasteiger partial charge >= 0.3 is 0 Å². The van der Waals surface area contributed by atoms with E-state index < -0.39 is 4.92 Å². The van der Waals surface area contributed by atoms with Crippen molar-refractivity contribution in [1.82, 2.24) is 4.90 Å². The van der Waals surface area contributed by atoms with Gasteiger partial charge in [0.15, 0.2) is 0 Å². The Morgan fingerprint density at radius 1 is 1.06 bits per heavy atom. The Morgan fingerprint density at radius 3 is 2.44 bits per heavy atom. The summed E-state index contributed by atoms with van der Waals surface area (Å²) in [6.07, 6.45) is 3.81. The number of anilines is 2. The Morgan fingerprint density at radius 2 is 1.78 bits per heavy atom. The second-order valence-electron chi connectivity index (χ2n) is 9.51. The van der Waals surface area contributed by atoms with Crippen LogP contribution in [-0.4, -0.2) is 28.8 Å². The first-order valence-electron chi connectivity index (χ1n) is 12.5. The lowest BCUT2D eigenvalue weighted by Crippen LogP contribution is -2.32. The molecule has 0 atom stereocenters. The summed E-state index contributed by atoms with van der Waals surface area (Å²) in [5.74, 6) is 0.570. The fourth-order valence-corrected chi connectivity index (χ4v) is 5.05. The Hall–Kier alpha value is -3.97. The van der Waals surface area contributed by atoms with Crippen LogP contribution in [0.5, 0.6) is 0 Å². The van der Waals surface area contributed by atoms with Crippen LogP contribution in [-0.2, 0) is 11.3 Å². The SMILES string of the molecule is CCC1CCN(Cc2ccc(NC(=C3C(=O)Nc4ccc([N+](=O)[O-])cc43)c3ccccc3)cc2)CC1. The van der Waals surface area contributed by atoms with Crippen molar-refractivity contribution < 1.29 is 9.72 Å². The number of nitrogens with zero attached hydrogens (tertiary/aromatic N) is 2. The van der Waals surface area contributed by atoms with Gasteiger partial charge < -0.3 is 10.6 Å². The molecule has 0 bridgehead atoms. The Balaban J connectivity index is 1.44. The third kappa shape index (κ3) is 5.02. The molecule has 0 saturated carbocycles. The van der Waals surface area contributed by atoms with Gasteiger partial charge in [0.1, 0.15) is 0 Å². The Labute approximate surface area is 211 Å². The first-order chi connectivity index (χ1) is 17.5. The lowest BCUT2D eigenvalue weighted by Gasteiger charge is -2.31. The average Bonchev–Trinajstić information content (AvgIpc) is 3.24. The summed E-state index contributed by atoms with van der Waals surface area (Å²) in [5, 5.41) is 17.7. The fraction of sp³-hybridized carbons (Fsp3) is 0.276. The van der Waals surface area contributed by atoms with Crippen LogP contribution in [0.1, 0.15) is 42.9 Å². The zero-order chi connectivity index (χ0) is 25.1. The van der Waals surface area contributed by atoms with Crippen molar-refractivity contribution in [2.75, 3.05) is 23.7 Å². The highest BCUT2D eigenvalue weighted by atomic mass is 16.6. The molecular weight excluding hydrogens is 452 g/mol. The number of nitrogens with one attached hydrogen (secondary N) is 2. The van der Waals surface area contributed by atoms with Crippen LogP contribution in [0.25, 0.3) is 11.3 Å². The molecule has 0 aliphatic carbocycles. The minimum Gasteiger partial charge on any atom is -0.354 e. The summed E-state index contributed by atoms with van der Waals surface area (Å²) in [5.41, 5.74) is 4.97. The second kappa shape index (κ2) is 10.3. The molecule has 7 heteroatoms. The van der Waals surface area contributed by atoms with E-state index in [4.69, 9.17) is 0 Å². The van der Waals surface area contributed by atoms with Gasteiger partial charge in [-0.05, 0) is 61.2 Å². The molecule has 2 N–H and O–H groups in total. The van der Waals surface area contributed by atoms with E-state index in [9.17, 15) is 14.9 Å². The van der Waals surface area contributed by atoms with Crippen molar-refractivity contribution in [3.8, 4) is 0 Å². The number of nitro benzene ring substituents is 1. The van der Waals surface area contributed by atoms with Crippen LogP contribution < -0.4 is 10.6 Å². The molecule has 2 aliphatic heterocycles. The molecule has 0 aromatic heterocycles. The van der Waals surface area contributed by atoms with Gasteiger partial charge in [-0.2, -0.15) is 0 Å². The number of likely N-dealkylation sites (tertiary alicyclic amines) is 1. The first kappa shape index (κ1) is 23.8. The largest absolute Gasteiger partial charge is 0.354 e. The summed E-state index contributed by atoms with van der Waals surface area (Å²) >= 11 is 0. The van der Waals surface area contributed by atoms with E-state index in [1.165, 1.54) is 37.0 Å². The standard InChI is InChI=1S/C29H30N4O3/c1-2-20-14-16-32(17-15-20)19-21-8-10-23(11-9-21)30-28(22-6-4-3-5-7-22)27-25-18-24(33(35)36)12-13-26(25)31-29(27)34/h3-13,18,20,30H,2,14-17,19H2,1H3,(H,31,34). The van der Waals surface area contributed by atoms with Crippen LogP contribution in [0.15, 0.2) is 72.8 Å². The summed E-state index contributed by atoms with van der Waals surface area (Å²) in [7, 11) is 0. The van der Waals surface area contributed by atoms with Gasteiger partial charge in [-0.25, -0.2) is 0 Å². The third-order valence-electron chi connectivity index (χ3n) is 7.18. The van der Waals surface area contributed by atoms with Crippen LogP contribution in [0.3, 0.4) is 0 Å². The number of carbonyl (C=O) groups is 1. The maximum atomic E-state index is 13.1. The lowest BCUT2D eigenvalue weighted by atomic mass is 9.94. The van der Waals surface area contributed by atoms with Crippen LogP contribution in [0, 0.1) is 16.0 Å². The average molecular weight is 483 g/mol. The van der Waals surface area contributed by atoms with E-state index in [0.717, 1.165) is 36.8 Å². The number of piperidine rings is 1. The molecule has 184 valence electrons. The van der Waals surface area contributed by atoms with Gasteiger partial charge in [0.2, 0.25) is 0 Å². The van der Waals surface area contributed by atoms with E-state index in [0.29, 0.717) is 22.5 Å². The molecule has 1 fully saturated rings. The molecule has 2 heterocycles. The molecular formula is C29H30N4O3. The van der Waals surface area contributed by atoms with Gasteiger partial charge in [-0.3, -0.25) is 19.8 Å². The highest BCUT2D eigenvalue weighted by molar-refractivity contribution is 6.37. The van der Waals surface area contributed by atoms with E-state index in [1.807, 2.05) is 42.5 Å². The van der Waals surface area contributed by atoms with Crippen molar-refractivity contribution in [2.45, 2.75) is 32.7 Å². The van der Waals surface area contributed by atoms with Crippen molar-refractivity contribution in [2.24, 2.45) is 5.92 Å². The number of non-ortho nitro benzene ring substituents is 1.